The average Bonchev–Trinajstić information content (AvgIpc) is 2.64. The summed E-state index contributed by atoms with van der Waals surface area (Å²) in [5.41, 5.74) is 0.602. The van der Waals surface area contributed by atoms with Gasteiger partial charge < -0.3 is 5.11 Å². The number of halogens is 2. The Bertz CT molecular complexity index is 612. The molecule has 5 nitrogen and oxygen atoms in total. The first-order valence-corrected chi connectivity index (χ1v) is 5.44. The lowest BCUT2D eigenvalue weighted by molar-refractivity contribution is 0.0689. The van der Waals surface area contributed by atoms with E-state index in [1.165, 1.54) is 16.8 Å². The highest BCUT2D eigenvalue weighted by atomic mass is 35.5. The third-order valence-electron chi connectivity index (χ3n) is 2.52. The second kappa shape index (κ2) is 4.73. The van der Waals surface area contributed by atoms with E-state index < -0.39 is 11.8 Å². The van der Waals surface area contributed by atoms with E-state index in [0.717, 1.165) is 0 Å². The number of aromatic carboxylic acids is 1. The van der Waals surface area contributed by atoms with Crippen LogP contribution in [0.25, 0.3) is 0 Å². The Kier molecular flexibility index (Phi) is 3.29. The van der Waals surface area contributed by atoms with Crippen LogP contribution < -0.4 is 0 Å². The van der Waals surface area contributed by atoms with Crippen LogP contribution in [0.5, 0.6) is 0 Å². The van der Waals surface area contributed by atoms with Gasteiger partial charge in [0, 0.05) is 10.6 Å². The maximum absolute atomic E-state index is 13.6. The number of hydrogen-bond donors (Lipinski definition) is 1. The van der Waals surface area contributed by atoms with Crippen molar-refractivity contribution in [3.8, 4) is 0 Å². The minimum Gasteiger partial charge on any atom is -0.476 e. The molecule has 0 saturated carbocycles. The van der Waals surface area contributed by atoms with Crippen LogP contribution >= 0.6 is 11.6 Å². The highest BCUT2D eigenvalue weighted by Crippen LogP contribution is 2.16. The van der Waals surface area contributed by atoms with Gasteiger partial charge >= 0.3 is 5.97 Å². The Morgan fingerprint density at radius 2 is 2.28 bits per heavy atom. The summed E-state index contributed by atoms with van der Waals surface area (Å²) in [6.45, 7) is 1.67. The summed E-state index contributed by atoms with van der Waals surface area (Å²) in [4.78, 5) is 10.8. The van der Waals surface area contributed by atoms with Gasteiger partial charge in [-0.3, -0.25) is 0 Å². The van der Waals surface area contributed by atoms with E-state index in [9.17, 15) is 9.18 Å². The molecule has 2 aromatic rings. The first-order chi connectivity index (χ1) is 8.49. The van der Waals surface area contributed by atoms with Crippen molar-refractivity contribution in [1.29, 1.82) is 0 Å². The second-order valence-electron chi connectivity index (χ2n) is 3.72. The van der Waals surface area contributed by atoms with Crippen LogP contribution in [0, 0.1) is 12.7 Å². The smallest absolute Gasteiger partial charge is 0.358 e. The summed E-state index contributed by atoms with van der Waals surface area (Å²) in [5.74, 6) is -1.62. The predicted octanol–water partition coefficient (Wildman–Crippen LogP) is 2.13. The van der Waals surface area contributed by atoms with Gasteiger partial charge in [0.2, 0.25) is 0 Å². The van der Waals surface area contributed by atoms with Crippen LogP contribution in [-0.2, 0) is 6.54 Å². The fraction of sp³-hybridized carbons (Fsp3) is 0.182. The minimum atomic E-state index is -1.16. The van der Waals surface area contributed by atoms with Crippen molar-refractivity contribution >= 4 is 17.6 Å². The second-order valence-corrected chi connectivity index (χ2v) is 4.16. The van der Waals surface area contributed by atoms with Gasteiger partial charge in [-0.05, 0) is 19.1 Å². The number of aromatic nitrogens is 3. The Morgan fingerprint density at radius 3 is 2.83 bits per heavy atom. The van der Waals surface area contributed by atoms with E-state index in [4.69, 9.17) is 16.7 Å². The van der Waals surface area contributed by atoms with Gasteiger partial charge in [-0.1, -0.05) is 22.9 Å². The molecule has 0 fully saturated rings. The van der Waals surface area contributed by atoms with Crippen molar-refractivity contribution in [2.45, 2.75) is 13.5 Å². The topological polar surface area (TPSA) is 68.0 Å². The van der Waals surface area contributed by atoms with Crippen LogP contribution in [0.2, 0.25) is 5.02 Å². The Hall–Kier alpha value is -1.95. The molecule has 1 N–H and O–H groups in total. The molecular weight excluding hydrogens is 261 g/mol. The van der Waals surface area contributed by atoms with E-state index in [1.54, 1.807) is 13.0 Å². The lowest BCUT2D eigenvalue weighted by Gasteiger charge is -2.05. The van der Waals surface area contributed by atoms with Crippen LogP contribution in [0.15, 0.2) is 18.2 Å². The molecule has 0 radical (unpaired) electrons. The molecule has 0 unspecified atom stereocenters. The number of hydrogen-bond acceptors (Lipinski definition) is 3. The fourth-order valence-electron chi connectivity index (χ4n) is 1.52. The SMILES string of the molecule is Cc1c(C(=O)O)nnn1Cc1ccc(Cl)cc1F. The standard InChI is InChI=1S/C11H9ClFN3O2/c1-6-10(11(17)18)14-15-16(6)5-7-2-3-8(12)4-9(7)13/h2-4H,5H2,1H3,(H,17,18). The lowest BCUT2D eigenvalue weighted by atomic mass is 10.2. The van der Waals surface area contributed by atoms with Crippen molar-refractivity contribution in [3.05, 3.63) is 46.0 Å². The van der Waals surface area contributed by atoms with Crippen LogP contribution in [0.1, 0.15) is 21.7 Å². The maximum atomic E-state index is 13.6. The summed E-state index contributed by atoms with van der Waals surface area (Å²) < 4.78 is 14.9. The zero-order chi connectivity index (χ0) is 13.3. The normalized spacial score (nSPS) is 10.6. The van der Waals surface area contributed by atoms with Gasteiger partial charge in [0.25, 0.3) is 0 Å². The molecule has 94 valence electrons. The maximum Gasteiger partial charge on any atom is 0.358 e. The van der Waals surface area contributed by atoms with Gasteiger partial charge in [-0.15, -0.1) is 5.10 Å². The number of rotatable bonds is 3. The molecule has 0 saturated heterocycles. The summed E-state index contributed by atoms with van der Waals surface area (Å²) in [6.07, 6.45) is 0. The number of nitrogens with zero attached hydrogens (tertiary/aromatic N) is 3. The molecule has 1 heterocycles. The Morgan fingerprint density at radius 1 is 1.56 bits per heavy atom. The van der Waals surface area contributed by atoms with Gasteiger partial charge in [0.1, 0.15) is 5.82 Å². The fourth-order valence-corrected chi connectivity index (χ4v) is 1.68. The third-order valence-corrected chi connectivity index (χ3v) is 2.76. The van der Waals surface area contributed by atoms with Gasteiger partial charge in [0.15, 0.2) is 5.69 Å². The van der Waals surface area contributed by atoms with Crippen molar-refractivity contribution in [2.75, 3.05) is 0 Å². The van der Waals surface area contributed by atoms with Crippen LogP contribution in [0.3, 0.4) is 0 Å². The number of benzene rings is 1. The minimum absolute atomic E-state index is 0.106. The molecule has 2 rings (SSSR count). The quantitative estimate of drug-likeness (QED) is 0.927. The molecule has 0 spiro atoms. The lowest BCUT2D eigenvalue weighted by Crippen LogP contribution is -2.07. The third kappa shape index (κ3) is 2.33. The molecule has 0 amide bonds. The number of carbonyl (C=O) groups is 1. The van der Waals surface area contributed by atoms with E-state index in [1.807, 2.05) is 0 Å². The van der Waals surface area contributed by atoms with Crippen molar-refractivity contribution in [1.82, 2.24) is 15.0 Å². The van der Waals surface area contributed by atoms with Crippen LogP contribution in [0.4, 0.5) is 4.39 Å². The van der Waals surface area contributed by atoms with Crippen molar-refractivity contribution < 1.29 is 14.3 Å². The molecule has 7 heteroatoms. The van der Waals surface area contributed by atoms with Crippen molar-refractivity contribution in [3.63, 3.8) is 0 Å². The molecule has 0 aliphatic heterocycles. The number of carboxylic acid groups (broad SMARTS) is 1. The molecule has 0 bridgehead atoms. The summed E-state index contributed by atoms with van der Waals surface area (Å²) in [7, 11) is 0. The summed E-state index contributed by atoms with van der Waals surface area (Å²) in [5, 5.41) is 16.3. The van der Waals surface area contributed by atoms with E-state index >= 15 is 0 Å². The zero-order valence-corrected chi connectivity index (χ0v) is 10.1. The van der Waals surface area contributed by atoms with Gasteiger partial charge in [-0.2, -0.15) is 0 Å². The number of carboxylic acids is 1. The molecule has 0 atom stereocenters. The molecule has 0 aliphatic rings. The highest BCUT2D eigenvalue weighted by molar-refractivity contribution is 6.30. The first kappa shape index (κ1) is 12.5. The summed E-state index contributed by atoms with van der Waals surface area (Å²) in [6, 6.07) is 4.28. The van der Waals surface area contributed by atoms with Gasteiger partial charge in [-0.25, -0.2) is 13.9 Å². The zero-order valence-electron chi connectivity index (χ0n) is 9.39. The van der Waals surface area contributed by atoms with Crippen molar-refractivity contribution in [2.24, 2.45) is 0 Å². The Labute approximate surface area is 107 Å². The van der Waals surface area contributed by atoms with Crippen LogP contribution in [-0.4, -0.2) is 26.1 Å². The van der Waals surface area contributed by atoms with Gasteiger partial charge in [0.05, 0.1) is 12.2 Å². The first-order valence-electron chi connectivity index (χ1n) is 5.06. The summed E-state index contributed by atoms with van der Waals surface area (Å²) >= 11 is 5.64. The van der Waals surface area contributed by atoms with E-state index in [0.29, 0.717) is 16.3 Å². The molecule has 1 aromatic carbocycles. The molecule has 1 aromatic heterocycles. The molecule has 18 heavy (non-hydrogen) atoms. The predicted molar refractivity (Wildman–Crippen MR) is 62.2 cm³/mol. The monoisotopic (exact) mass is 269 g/mol. The van der Waals surface area contributed by atoms with E-state index in [2.05, 4.69) is 10.3 Å². The Balaban J connectivity index is 2.32. The molecule has 0 aliphatic carbocycles. The molecular formula is C11H9ClFN3O2. The highest BCUT2D eigenvalue weighted by Gasteiger charge is 2.16. The van der Waals surface area contributed by atoms with E-state index in [-0.39, 0.29) is 12.2 Å². The average molecular weight is 270 g/mol. The largest absolute Gasteiger partial charge is 0.476 e.